The summed E-state index contributed by atoms with van der Waals surface area (Å²) >= 11 is 0. The first-order valence-corrected chi connectivity index (χ1v) is 6.96. The molecule has 0 radical (unpaired) electrons. The summed E-state index contributed by atoms with van der Waals surface area (Å²) in [5, 5.41) is 12.9. The van der Waals surface area contributed by atoms with Gasteiger partial charge in [0.1, 0.15) is 6.10 Å². The standard InChI is InChI=1S/C13H18N2O4/c16-13(17)10-7-6-9(18-10)12-14-11(15-19-12)8-4-2-1-3-5-8/h8-10H,1-7H2,(H,16,17). The number of ether oxygens (including phenoxy) is 1. The highest BCUT2D eigenvalue weighted by molar-refractivity contribution is 5.72. The van der Waals surface area contributed by atoms with Crippen LogP contribution in [0.2, 0.25) is 0 Å². The van der Waals surface area contributed by atoms with Crippen molar-refractivity contribution in [1.29, 1.82) is 0 Å². The van der Waals surface area contributed by atoms with Crippen molar-refractivity contribution in [3.8, 4) is 0 Å². The van der Waals surface area contributed by atoms with Crippen molar-refractivity contribution in [3.63, 3.8) is 0 Å². The molecule has 6 heteroatoms. The second-order valence-electron chi connectivity index (χ2n) is 5.35. The van der Waals surface area contributed by atoms with E-state index in [0.717, 1.165) is 18.7 Å². The van der Waals surface area contributed by atoms with E-state index in [9.17, 15) is 4.79 Å². The molecular formula is C13H18N2O4. The molecule has 0 aromatic carbocycles. The van der Waals surface area contributed by atoms with E-state index in [1.165, 1.54) is 19.3 Å². The van der Waals surface area contributed by atoms with E-state index in [0.29, 0.717) is 24.7 Å². The first kappa shape index (κ1) is 12.6. The Balaban J connectivity index is 1.66. The predicted octanol–water partition coefficient (Wildman–Crippen LogP) is 2.42. The molecule has 2 atom stereocenters. The summed E-state index contributed by atoms with van der Waals surface area (Å²) in [5.41, 5.74) is 0. The summed E-state index contributed by atoms with van der Waals surface area (Å²) in [4.78, 5) is 15.3. The monoisotopic (exact) mass is 266 g/mol. The normalized spacial score (nSPS) is 28.6. The molecule has 0 amide bonds. The van der Waals surface area contributed by atoms with Crippen LogP contribution in [-0.4, -0.2) is 27.3 Å². The molecule has 2 heterocycles. The van der Waals surface area contributed by atoms with Gasteiger partial charge in [-0.25, -0.2) is 4.79 Å². The average Bonchev–Trinajstić information content (AvgIpc) is 3.09. The summed E-state index contributed by atoms with van der Waals surface area (Å²) in [6.45, 7) is 0. The molecule has 0 spiro atoms. The highest BCUT2D eigenvalue weighted by Crippen LogP contribution is 2.35. The van der Waals surface area contributed by atoms with Crippen molar-refractivity contribution in [1.82, 2.24) is 10.1 Å². The molecular weight excluding hydrogens is 248 g/mol. The van der Waals surface area contributed by atoms with Crippen molar-refractivity contribution in [2.75, 3.05) is 0 Å². The second-order valence-corrected chi connectivity index (χ2v) is 5.35. The molecule has 104 valence electrons. The lowest BCUT2D eigenvalue weighted by Gasteiger charge is -2.17. The van der Waals surface area contributed by atoms with Gasteiger partial charge >= 0.3 is 5.97 Å². The maximum absolute atomic E-state index is 10.8. The SMILES string of the molecule is O=C(O)C1CCC(c2nc(C3CCCCC3)no2)O1. The zero-order valence-corrected chi connectivity index (χ0v) is 10.7. The Morgan fingerprint density at radius 3 is 2.63 bits per heavy atom. The molecule has 1 aromatic rings. The number of aromatic nitrogens is 2. The summed E-state index contributed by atoms with van der Waals surface area (Å²) < 4.78 is 10.7. The van der Waals surface area contributed by atoms with Crippen molar-refractivity contribution in [2.24, 2.45) is 0 Å². The molecule has 0 bridgehead atoms. The van der Waals surface area contributed by atoms with Crippen LogP contribution < -0.4 is 0 Å². The van der Waals surface area contributed by atoms with Gasteiger partial charge in [-0.2, -0.15) is 4.98 Å². The second kappa shape index (κ2) is 5.28. The lowest BCUT2D eigenvalue weighted by molar-refractivity contribution is -0.150. The number of carbonyl (C=O) groups is 1. The number of carboxylic acid groups (broad SMARTS) is 1. The van der Waals surface area contributed by atoms with Crippen molar-refractivity contribution >= 4 is 5.97 Å². The Hall–Kier alpha value is -1.43. The third-order valence-electron chi connectivity index (χ3n) is 4.00. The lowest BCUT2D eigenvalue weighted by Crippen LogP contribution is -2.18. The maximum atomic E-state index is 10.8. The third-order valence-corrected chi connectivity index (χ3v) is 4.00. The minimum atomic E-state index is -0.922. The van der Waals surface area contributed by atoms with E-state index in [4.69, 9.17) is 14.4 Å². The van der Waals surface area contributed by atoms with Gasteiger partial charge in [0.15, 0.2) is 11.9 Å². The molecule has 1 saturated heterocycles. The average molecular weight is 266 g/mol. The van der Waals surface area contributed by atoms with E-state index >= 15 is 0 Å². The fourth-order valence-corrected chi connectivity index (χ4v) is 2.91. The number of hydrogen-bond donors (Lipinski definition) is 1. The van der Waals surface area contributed by atoms with E-state index in [1.807, 2.05) is 0 Å². The van der Waals surface area contributed by atoms with Crippen molar-refractivity contribution < 1.29 is 19.2 Å². The molecule has 19 heavy (non-hydrogen) atoms. The fourth-order valence-electron chi connectivity index (χ4n) is 2.91. The predicted molar refractivity (Wildman–Crippen MR) is 64.6 cm³/mol. The Morgan fingerprint density at radius 2 is 1.95 bits per heavy atom. The van der Waals surface area contributed by atoms with Crippen LogP contribution in [0.4, 0.5) is 0 Å². The van der Waals surface area contributed by atoms with Gasteiger partial charge in [-0.3, -0.25) is 0 Å². The summed E-state index contributed by atoms with van der Waals surface area (Å²) in [5.74, 6) is 0.666. The molecule has 2 aliphatic rings. The number of nitrogens with zero attached hydrogens (tertiary/aromatic N) is 2. The van der Waals surface area contributed by atoms with Gasteiger partial charge in [0.05, 0.1) is 0 Å². The van der Waals surface area contributed by atoms with Crippen molar-refractivity contribution in [2.45, 2.75) is 63.1 Å². The van der Waals surface area contributed by atoms with Crippen LogP contribution in [-0.2, 0) is 9.53 Å². The van der Waals surface area contributed by atoms with Crippen LogP contribution in [0.15, 0.2) is 4.52 Å². The van der Waals surface area contributed by atoms with Crippen LogP contribution in [0.3, 0.4) is 0 Å². The van der Waals surface area contributed by atoms with E-state index in [2.05, 4.69) is 10.1 Å². The topological polar surface area (TPSA) is 85.5 Å². The summed E-state index contributed by atoms with van der Waals surface area (Å²) in [7, 11) is 0. The molecule has 1 N–H and O–H groups in total. The summed E-state index contributed by atoms with van der Waals surface area (Å²) in [6.07, 6.45) is 5.98. The number of hydrogen-bond acceptors (Lipinski definition) is 5. The number of rotatable bonds is 3. The Labute approximate surface area is 111 Å². The van der Waals surface area contributed by atoms with Gasteiger partial charge in [0, 0.05) is 5.92 Å². The molecule has 2 unspecified atom stereocenters. The largest absolute Gasteiger partial charge is 0.479 e. The van der Waals surface area contributed by atoms with Crippen LogP contribution in [0, 0.1) is 0 Å². The first-order chi connectivity index (χ1) is 9.24. The molecule has 3 rings (SSSR count). The van der Waals surface area contributed by atoms with Crippen molar-refractivity contribution in [3.05, 3.63) is 11.7 Å². The molecule has 1 aromatic heterocycles. The van der Waals surface area contributed by atoms with Crippen LogP contribution in [0.25, 0.3) is 0 Å². The minimum Gasteiger partial charge on any atom is -0.479 e. The van der Waals surface area contributed by atoms with Gasteiger partial charge in [-0.1, -0.05) is 24.4 Å². The molecule has 1 aliphatic heterocycles. The zero-order valence-electron chi connectivity index (χ0n) is 10.7. The van der Waals surface area contributed by atoms with Crippen LogP contribution >= 0.6 is 0 Å². The molecule has 2 fully saturated rings. The fraction of sp³-hybridized carbons (Fsp3) is 0.769. The van der Waals surface area contributed by atoms with Crippen LogP contribution in [0.5, 0.6) is 0 Å². The quantitative estimate of drug-likeness (QED) is 0.904. The number of carboxylic acids is 1. The van der Waals surface area contributed by atoms with Gasteiger partial charge < -0.3 is 14.4 Å². The minimum absolute atomic E-state index is 0.356. The Kier molecular flexibility index (Phi) is 3.50. The smallest absolute Gasteiger partial charge is 0.332 e. The first-order valence-electron chi connectivity index (χ1n) is 6.96. The maximum Gasteiger partial charge on any atom is 0.332 e. The van der Waals surface area contributed by atoms with Gasteiger partial charge in [-0.05, 0) is 25.7 Å². The third kappa shape index (κ3) is 2.63. The zero-order chi connectivity index (χ0) is 13.2. The molecule has 1 aliphatic carbocycles. The summed E-state index contributed by atoms with van der Waals surface area (Å²) in [6, 6.07) is 0. The lowest BCUT2D eigenvalue weighted by atomic mass is 9.89. The highest BCUT2D eigenvalue weighted by Gasteiger charge is 2.35. The van der Waals surface area contributed by atoms with E-state index in [1.54, 1.807) is 0 Å². The molecule has 1 saturated carbocycles. The Morgan fingerprint density at radius 1 is 1.16 bits per heavy atom. The van der Waals surface area contributed by atoms with Gasteiger partial charge in [0.2, 0.25) is 0 Å². The molecule has 6 nitrogen and oxygen atoms in total. The highest BCUT2D eigenvalue weighted by atomic mass is 16.5. The van der Waals surface area contributed by atoms with E-state index in [-0.39, 0.29) is 6.10 Å². The number of aliphatic carboxylic acids is 1. The Bertz CT molecular complexity index is 453. The van der Waals surface area contributed by atoms with Crippen LogP contribution in [0.1, 0.15) is 68.7 Å². The van der Waals surface area contributed by atoms with Gasteiger partial charge in [0.25, 0.3) is 5.89 Å². The van der Waals surface area contributed by atoms with E-state index < -0.39 is 12.1 Å². The van der Waals surface area contributed by atoms with Gasteiger partial charge in [-0.15, -0.1) is 0 Å².